The van der Waals surface area contributed by atoms with Crippen LogP contribution in [0.3, 0.4) is 0 Å². The second-order valence-electron chi connectivity index (χ2n) is 4.26. The first-order valence-electron chi connectivity index (χ1n) is 6.67. The maximum Gasteiger partial charge on any atom is 0.313 e. The molecule has 2 unspecified atom stereocenters. The lowest BCUT2D eigenvalue weighted by Crippen LogP contribution is -2.23. The van der Waals surface area contributed by atoms with Crippen molar-refractivity contribution in [1.82, 2.24) is 0 Å². The van der Waals surface area contributed by atoms with Crippen molar-refractivity contribution in [1.29, 1.82) is 0 Å². The van der Waals surface area contributed by atoms with Gasteiger partial charge in [-0.1, -0.05) is 36.5 Å². The summed E-state index contributed by atoms with van der Waals surface area (Å²) in [6, 6.07) is 0. The zero-order valence-corrected chi connectivity index (χ0v) is 12.7. The Morgan fingerprint density at radius 3 is 2.20 bits per heavy atom. The van der Waals surface area contributed by atoms with Gasteiger partial charge in [0.25, 0.3) is 0 Å². The van der Waals surface area contributed by atoms with Gasteiger partial charge in [0.05, 0.1) is 20.1 Å². The van der Waals surface area contributed by atoms with Crippen molar-refractivity contribution in [2.75, 3.05) is 14.2 Å². The molecule has 0 aromatic carbocycles. The van der Waals surface area contributed by atoms with Crippen LogP contribution in [0.5, 0.6) is 0 Å². The Labute approximate surface area is 121 Å². The zero-order valence-electron chi connectivity index (χ0n) is 12.7. The van der Waals surface area contributed by atoms with Crippen LogP contribution in [0.1, 0.15) is 26.7 Å². The van der Waals surface area contributed by atoms with E-state index in [2.05, 4.69) is 4.74 Å². The first kappa shape index (κ1) is 18.2. The van der Waals surface area contributed by atoms with E-state index in [0.717, 1.165) is 0 Å². The number of allylic oxidation sites excluding steroid dienone is 5. The topological polar surface area (TPSA) is 52.6 Å². The van der Waals surface area contributed by atoms with E-state index < -0.39 is 5.92 Å². The first-order valence-corrected chi connectivity index (χ1v) is 6.67. The SMILES string of the molecule is C/C=C/C=C/C(C(=O)OC)C(/C=C/C)CCC(=O)OC. The molecule has 4 nitrogen and oxygen atoms in total. The molecule has 0 aromatic heterocycles. The lowest BCUT2D eigenvalue weighted by molar-refractivity contribution is -0.146. The molecule has 4 heteroatoms. The summed E-state index contributed by atoms with van der Waals surface area (Å²) in [7, 11) is 2.72. The van der Waals surface area contributed by atoms with Gasteiger partial charge in [0.15, 0.2) is 0 Å². The normalized spacial score (nSPS) is 14.8. The summed E-state index contributed by atoms with van der Waals surface area (Å²) in [5.41, 5.74) is 0. The van der Waals surface area contributed by atoms with Gasteiger partial charge in [-0.2, -0.15) is 0 Å². The van der Waals surface area contributed by atoms with Crippen molar-refractivity contribution < 1.29 is 19.1 Å². The highest BCUT2D eigenvalue weighted by Crippen LogP contribution is 2.23. The molecule has 0 fully saturated rings. The van der Waals surface area contributed by atoms with Crippen LogP contribution < -0.4 is 0 Å². The second kappa shape index (κ2) is 11.0. The molecule has 0 bridgehead atoms. The smallest absolute Gasteiger partial charge is 0.313 e. The van der Waals surface area contributed by atoms with Crippen LogP contribution in [0.2, 0.25) is 0 Å². The number of hydrogen-bond acceptors (Lipinski definition) is 4. The fourth-order valence-electron chi connectivity index (χ4n) is 1.86. The van der Waals surface area contributed by atoms with Crippen LogP contribution in [-0.2, 0) is 19.1 Å². The van der Waals surface area contributed by atoms with Gasteiger partial charge in [0.2, 0.25) is 0 Å². The standard InChI is InChI=1S/C16H24O4/c1-5-7-8-10-14(16(18)20-4)13(9-6-2)11-12-15(17)19-3/h5-10,13-14H,11-12H2,1-4H3/b7-5+,9-6+,10-8+. The van der Waals surface area contributed by atoms with Gasteiger partial charge in [-0.05, 0) is 26.2 Å². The number of ether oxygens (including phenoxy) is 2. The van der Waals surface area contributed by atoms with Crippen molar-refractivity contribution in [2.24, 2.45) is 11.8 Å². The summed E-state index contributed by atoms with van der Waals surface area (Å²) in [4.78, 5) is 23.1. The molecule has 112 valence electrons. The van der Waals surface area contributed by atoms with Crippen LogP contribution >= 0.6 is 0 Å². The molecule has 0 saturated heterocycles. The van der Waals surface area contributed by atoms with Crippen LogP contribution in [0, 0.1) is 11.8 Å². The van der Waals surface area contributed by atoms with E-state index in [1.807, 2.05) is 44.2 Å². The summed E-state index contributed by atoms with van der Waals surface area (Å²) in [6.45, 7) is 3.79. The molecule has 0 aliphatic rings. The predicted octanol–water partition coefficient (Wildman–Crippen LogP) is 3.05. The molecule has 0 radical (unpaired) electrons. The third-order valence-electron chi connectivity index (χ3n) is 2.91. The van der Waals surface area contributed by atoms with Crippen LogP contribution in [0.15, 0.2) is 36.5 Å². The average Bonchev–Trinajstić information content (AvgIpc) is 2.47. The molecule has 20 heavy (non-hydrogen) atoms. The number of esters is 2. The Kier molecular flexibility index (Phi) is 10.0. The third kappa shape index (κ3) is 6.92. The van der Waals surface area contributed by atoms with Gasteiger partial charge in [0, 0.05) is 6.42 Å². The van der Waals surface area contributed by atoms with Gasteiger partial charge in [-0.15, -0.1) is 0 Å². The number of carbonyl (C=O) groups is 2. The van der Waals surface area contributed by atoms with Gasteiger partial charge >= 0.3 is 11.9 Å². The van der Waals surface area contributed by atoms with Gasteiger partial charge < -0.3 is 9.47 Å². The van der Waals surface area contributed by atoms with Crippen LogP contribution in [0.4, 0.5) is 0 Å². The van der Waals surface area contributed by atoms with Crippen molar-refractivity contribution in [3.8, 4) is 0 Å². The Morgan fingerprint density at radius 2 is 1.70 bits per heavy atom. The molecule has 0 saturated carbocycles. The van der Waals surface area contributed by atoms with Gasteiger partial charge in [-0.25, -0.2) is 0 Å². The molecule has 0 N–H and O–H groups in total. The molecule has 0 aliphatic heterocycles. The minimum Gasteiger partial charge on any atom is -0.469 e. The third-order valence-corrected chi connectivity index (χ3v) is 2.91. The highest BCUT2D eigenvalue weighted by molar-refractivity contribution is 5.75. The molecule has 0 aromatic rings. The Morgan fingerprint density at radius 1 is 1.00 bits per heavy atom. The lowest BCUT2D eigenvalue weighted by atomic mass is 9.87. The molecular weight excluding hydrogens is 256 g/mol. The quantitative estimate of drug-likeness (QED) is 0.389. The minimum atomic E-state index is -0.406. The Bertz CT molecular complexity index is 380. The summed E-state index contributed by atoms with van der Waals surface area (Å²) in [5.74, 6) is -1.08. The van der Waals surface area contributed by atoms with E-state index in [1.54, 1.807) is 6.08 Å². The van der Waals surface area contributed by atoms with Crippen molar-refractivity contribution in [3.63, 3.8) is 0 Å². The summed E-state index contributed by atoms with van der Waals surface area (Å²) in [6.07, 6.45) is 12.0. The minimum absolute atomic E-state index is 0.0898. The maximum absolute atomic E-state index is 11.9. The first-order chi connectivity index (χ1) is 9.60. The second-order valence-corrected chi connectivity index (χ2v) is 4.26. The lowest BCUT2D eigenvalue weighted by Gasteiger charge is -2.19. The van der Waals surface area contributed by atoms with Crippen LogP contribution in [-0.4, -0.2) is 26.2 Å². The van der Waals surface area contributed by atoms with E-state index in [4.69, 9.17) is 4.74 Å². The maximum atomic E-state index is 11.9. The van der Waals surface area contributed by atoms with E-state index >= 15 is 0 Å². The number of carbonyl (C=O) groups excluding carboxylic acids is 2. The van der Waals surface area contributed by atoms with E-state index in [1.165, 1.54) is 14.2 Å². The van der Waals surface area contributed by atoms with Crippen molar-refractivity contribution >= 4 is 11.9 Å². The summed E-state index contributed by atoms with van der Waals surface area (Å²) in [5, 5.41) is 0. The number of methoxy groups -OCH3 is 2. The predicted molar refractivity (Wildman–Crippen MR) is 79.0 cm³/mol. The summed E-state index contributed by atoms with van der Waals surface area (Å²) < 4.78 is 9.47. The largest absolute Gasteiger partial charge is 0.469 e. The zero-order chi connectivity index (χ0) is 15.4. The van der Waals surface area contributed by atoms with E-state index in [9.17, 15) is 9.59 Å². The highest BCUT2D eigenvalue weighted by Gasteiger charge is 2.25. The van der Waals surface area contributed by atoms with E-state index in [0.29, 0.717) is 6.42 Å². The molecule has 0 rings (SSSR count). The fraction of sp³-hybridized carbons (Fsp3) is 0.500. The Hall–Kier alpha value is -1.84. The fourth-order valence-corrected chi connectivity index (χ4v) is 1.86. The number of rotatable bonds is 8. The molecule has 0 amide bonds. The molecule has 0 spiro atoms. The molecule has 0 aliphatic carbocycles. The van der Waals surface area contributed by atoms with Crippen molar-refractivity contribution in [2.45, 2.75) is 26.7 Å². The van der Waals surface area contributed by atoms with Gasteiger partial charge in [-0.3, -0.25) is 9.59 Å². The van der Waals surface area contributed by atoms with Crippen LogP contribution in [0.25, 0.3) is 0 Å². The van der Waals surface area contributed by atoms with Crippen molar-refractivity contribution in [3.05, 3.63) is 36.5 Å². The summed E-state index contributed by atoms with van der Waals surface area (Å²) >= 11 is 0. The average molecular weight is 280 g/mol. The molecular formula is C16H24O4. The molecule has 0 heterocycles. The monoisotopic (exact) mass is 280 g/mol. The molecule has 2 atom stereocenters. The van der Waals surface area contributed by atoms with Gasteiger partial charge in [0.1, 0.15) is 0 Å². The number of hydrogen-bond donors (Lipinski definition) is 0. The highest BCUT2D eigenvalue weighted by atomic mass is 16.5. The van der Waals surface area contributed by atoms with E-state index in [-0.39, 0.29) is 24.3 Å². The Balaban J connectivity index is 5.00.